The minimum Gasteiger partial charge on any atom is -0.497 e. The standard InChI is InChI=1S/C31H30N6O/c1-31(2,20-32)22-6-4-21(5-7-22)30-29-26-18-24(10-13-27(26)33-19-28(29)34-35-30)37-16-14-36(15-17-37)23-8-11-25(38-3)12-9-23/h4-13,18-19H,14-17H2,1-3H3,(H,34,35). The highest BCUT2D eigenvalue weighted by Gasteiger charge is 2.21. The lowest BCUT2D eigenvalue weighted by atomic mass is 9.86. The number of ether oxygens (including phenoxy) is 1. The summed E-state index contributed by atoms with van der Waals surface area (Å²) in [5.74, 6) is 0.879. The molecule has 0 bridgehead atoms. The molecule has 3 aromatic carbocycles. The second kappa shape index (κ2) is 9.38. The first-order valence-electron chi connectivity index (χ1n) is 12.9. The number of benzene rings is 3. The third-order valence-corrected chi connectivity index (χ3v) is 7.62. The number of fused-ring (bicyclic) bond motifs is 3. The number of H-pyrrole nitrogens is 1. The van der Waals surface area contributed by atoms with Crippen molar-refractivity contribution in [2.24, 2.45) is 0 Å². The number of pyridine rings is 1. The summed E-state index contributed by atoms with van der Waals surface area (Å²) in [6.07, 6.45) is 1.86. The lowest BCUT2D eigenvalue weighted by Crippen LogP contribution is -2.46. The maximum Gasteiger partial charge on any atom is 0.119 e. The SMILES string of the molecule is COc1ccc(N2CCN(c3ccc4ncc5[nH]nc(-c6ccc(C(C)(C)C#N)cc6)c5c4c3)CC2)cc1. The summed E-state index contributed by atoms with van der Waals surface area (Å²) in [6.45, 7) is 7.65. The van der Waals surface area contributed by atoms with Gasteiger partial charge in [0, 0.05) is 53.9 Å². The van der Waals surface area contributed by atoms with Crippen LogP contribution in [0.5, 0.6) is 5.75 Å². The molecule has 0 saturated carbocycles. The summed E-state index contributed by atoms with van der Waals surface area (Å²) in [5.41, 5.74) is 6.65. The van der Waals surface area contributed by atoms with Crippen molar-refractivity contribution in [2.45, 2.75) is 19.3 Å². The topological polar surface area (TPSA) is 81.1 Å². The molecule has 0 atom stereocenters. The molecule has 1 aliphatic heterocycles. The number of nitrogens with one attached hydrogen (secondary N) is 1. The van der Waals surface area contributed by atoms with Gasteiger partial charge in [0.05, 0.1) is 35.8 Å². The largest absolute Gasteiger partial charge is 0.497 e. The maximum absolute atomic E-state index is 9.50. The van der Waals surface area contributed by atoms with Gasteiger partial charge in [-0.15, -0.1) is 0 Å². The molecule has 0 radical (unpaired) electrons. The van der Waals surface area contributed by atoms with E-state index in [0.717, 1.165) is 70.6 Å². The number of methoxy groups -OCH3 is 1. The molecule has 0 aliphatic carbocycles. The van der Waals surface area contributed by atoms with Crippen LogP contribution in [0.25, 0.3) is 33.1 Å². The van der Waals surface area contributed by atoms with Crippen LogP contribution in [0.3, 0.4) is 0 Å². The van der Waals surface area contributed by atoms with E-state index in [1.807, 2.05) is 44.3 Å². The van der Waals surface area contributed by atoms with Crippen LogP contribution in [0.4, 0.5) is 11.4 Å². The number of aromatic amines is 1. The molecule has 7 nitrogen and oxygen atoms in total. The van der Waals surface area contributed by atoms with E-state index in [9.17, 15) is 5.26 Å². The molecular weight excluding hydrogens is 472 g/mol. The highest BCUT2D eigenvalue weighted by atomic mass is 16.5. The van der Waals surface area contributed by atoms with Crippen molar-refractivity contribution in [3.63, 3.8) is 0 Å². The molecule has 1 fully saturated rings. The Kier molecular flexibility index (Phi) is 5.88. The lowest BCUT2D eigenvalue weighted by Gasteiger charge is -2.37. The van der Waals surface area contributed by atoms with Crippen LogP contribution in [0.2, 0.25) is 0 Å². The first-order chi connectivity index (χ1) is 18.5. The van der Waals surface area contributed by atoms with Gasteiger partial charge < -0.3 is 14.5 Å². The van der Waals surface area contributed by atoms with E-state index in [4.69, 9.17) is 4.74 Å². The second-order valence-electron chi connectivity index (χ2n) is 10.3. The fourth-order valence-corrected chi connectivity index (χ4v) is 5.22. The van der Waals surface area contributed by atoms with Gasteiger partial charge in [-0.3, -0.25) is 10.1 Å². The van der Waals surface area contributed by atoms with Crippen molar-refractivity contribution >= 4 is 33.2 Å². The zero-order chi connectivity index (χ0) is 26.3. The molecule has 6 rings (SSSR count). The Bertz CT molecular complexity index is 1640. The molecule has 7 heteroatoms. The van der Waals surface area contributed by atoms with E-state index in [1.54, 1.807) is 7.11 Å². The van der Waals surface area contributed by atoms with E-state index in [-0.39, 0.29) is 0 Å². The van der Waals surface area contributed by atoms with E-state index in [2.05, 4.69) is 73.5 Å². The van der Waals surface area contributed by atoms with Crippen molar-refractivity contribution in [3.05, 3.63) is 78.5 Å². The minimum atomic E-state index is -0.533. The van der Waals surface area contributed by atoms with Crippen molar-refractivity contribution in [3.8, 4) is 23.1 Å². The van der Waals surface area contributed by atoms with Crippen molar-refractivity contribution < 1.29 is 4.74 Å². The van der Waals surface area contributed by atoms with Crippen LogP contribution in [0.15, 0.2) is 72.9 Å². The van der Waals surface area contributed by atoms with Gasteiger partial charge in [-0.05, 0) is 61.9 Å². The third kappa shape index (κ3) is 4.18. The highest BCUT2D eigenvalue weighted by Crippen LogP contribution is 2.35. The van der Waals surface area contributed by atoms with E-state index >= 15 is 0 Å². The molecule has 5 aromatic rings. The number of nitriles is 1. The Morgan fingerprint density at radius 1 is 0.895 bits per heavy atom. The Hall–Kier alpha value is -4.57. The van der Waals surface area contributed by atoms with Crippen LogP contribution in [-0.4, -0.2) is 48.5 Å². The molecule has 1 saturated heterocycles. The van der Waals surface area contributed by atoms with Crippen molar-refractivity contribution in [1.29, 1.82) is 5.26 Å². The third-order valence-electron chi connectivity index (χ3n) is 7.62. The van der Waals surface area contributed by atoms with Gasteiger partial charge in [0.15, 0.2) is 0 Å². The predicted octanol–water partition coefficient (Wildman–Crippen LogP) is 5.91. The number of nitrogens with zero attached hydrogens (tertiary/aromatic N) is 5. The van der Waals surface area contributed by atoms with Gasteiger partial charge >= 0.3 is 0 Å². The molecule has 38 heavy (non-hydrogen) atoms. The van der Waals surface area contributed by atoms with Crippen LogP contribution in [0.1, 0.15) is 19.4 Å². The van der Waals surface area contributed by atoms with Crippen LogP contribution < -0.4 is 14.5 Å². The maximum atomic E-state index is 9.50. The van der Waals surface area contributed by atoms with Crippen LogP contribution in [0, 0.1) is 11.3 Å². The Labute approximate surface area is 222 Å². The molecule has 1 aliphatic rings. The number of rotatable bonds is 5. The fourth-order valence-electron chi connectivity index (χ4n) is 5.22. The highest BCUT2D eigenvalue weighted by molar-refractivity contribution is 6.11. The zero-order valence-electron chi connectivity index (χ0n) is 21.9. The number of hydrogen-bond acceptors (Lipinski definition) is 6. The molecule has 3 heterocycles. The molecule has 0 unspecified atom stereocenters. The van der Waals surface area contributed by atoms with Crippen molar-refractivity contribution in [1.82, 2.24) is 15.2 Å². The van der Waals surface area contributed by atoms with E-state index in [0.29, 0.717) is 0 Å². The van der Waals surface area contributed by atoms with E-state index in [1.165, 1.54) is 11.4 Å². The average molecular weight is 503 g/mol. The predicted molar refractivity (Wildman–Crippen MR) is 153 cm³/mol. The number of aromatic nitrogens is 3. The Morgan fingerprint density at radius 3 is 2.21 bits per heavy atom. The molecule has 1 N–H and O–H groups in total. The van der Waals surface area contributed by atoms with Gasteiger partial charge in [0.2, 0.25) is 0 Å². The average Bonchev–Trinajstić information content (AvgIpc) is 3.42. The van der Waals surface area contributed by atoms with Gasteiger partial charge in [0.25, 0.3) is 0 Å². The molecule has 0 spiro atoms. The summed E-state index contributed by atoms with van der Waals surface area (Å²) in [7, 11) is 1.69. The number of hydrogen-bond donors (Lipinski definition) is 1. The smallest absolute Gasteiger partial charge is 0.119 e. The quantitative estimate of drug-likeness (QED) is 0.322. The van der Waals surface area contributed by atoms with E-state index < -0.39 is 5.41 Å². The van der Waals surface area contributed by atoms with Gasteiger partial charge in [-0.2, -0.15) is 10.4 Å². The first-order valence-corrected chi connectivity index (χ1v) is 12.9. The number of anilines is 2. The monoisotopic (exact) mass is 502 g/mol. The van der Waals surface area contributed by atoms with Gasteiger partial charge in [-0.1, -0.05) is 24.3 Å². The molecule has 190 valence electrons. The Morgan fingerprint density at radius 2 is 1.55 bits per heavy atom. The van der Waals surface area contributed by atoms with Crippen LogP contribution >= 0.6 is 0 Å². The molecule has 2 aromatic heterocycles. The summed E-state index contributed by atoms with van der Waals surface area (Å²) in [6, 6.07) is 25.3. The number of piperazine rings is 1. The summed E-state index contributed by atoms with van der Waals surface area (Å²) >= 11 is 0. The first kappa shape index (κ1) is 23.8. The van der Waals surface area contributed by atoms with Gasteiger partial charge in [-0.25, -0.2) is 0 Å². The lowest BCUT2D eigenvalue weighted by molar-refractivity contribution is 0.415. The normalized spacial score (nSPS) is 14.2. The summed E-state index contributed by atoms with van der Waals surface area (Å²) < 4.78 is 5.30. The zero-order valence-corrected chi connectivity index (χ0v) is 21.9. The fraction of sp³-hybridized carbons (Fsp3) is 0.258. The van der Waals surface area contributed by atoms with Crippen LogP contribution in [-0.2, 0) is 5.41 Å². The summed E-state index contributed by atoms with van der Waals surface area (Å²) in [4.78, 5) is 9.54. The van der Waals surface area contributed by atoms with Crippen molar-refractivity contribution in [2.75, 3.05) is 43.1 Å². The second-order valence-corrected chi connectivity index (χ2v) is 10.3. The van der Waals surface area contributed by atoms with Gasteiger partial charge in [0.1, 0.15) is 11.4 Å². The Balaban J connectivity index is 1.30. The minimum absolute atomic E-state index is 0.533. The summed E-state index contributed by atoms with van der Waals surface area (Å²) in [5, 5.41) is 19.5. The molecule has 0 amide bonds. The molecular formula is C31H30N6O.